The number of unbranched alkanes of at least 4 members (excludes halogenated alkanes) is 6. The molecule has 6 N–H and O–H groups in total. The molecule has 0 aliphatic rings. The molecule has 35 heavy (non-hydrogen) atoms. The monoisotopic (exact) mass is 490 g/mol. The average molecular weight is 491 g/mol. The van der Waals surface area contributed by atoms with Crippen molar-refractivity contribution in [2.75, 3.05) is 0 Å². The van der Waals surface area contributed by atoms with Crippen LogP contribution in [0.2, 0.25) is 0 Å². The molecule has 0 bridgehead atoms. The van der Waals surface area contributed by atoms with Gasteiger partial charge in [0.15, 0.2) is 23.0 Å². The standard InChI is InChI=1S/C15H24O3.C14H22O3/c1-2-3-4-5-6-7-8-9-12-10-11-13(16)15(18)14(12)17;1-13(2,3)8-14(4,5)9-6-7-10(15)12(17)11(9)16/h10-11,16-18H,2-9H2,1H3;6-7,15-17H,8H2,1-5H3. The number of benzene rings is 2. The highest BCUT2D eigenvalue weighted by Gasteiger charge is 2.31. The third-order valence-corrected chi connectivity index (χ3v) is 6.09. The lowest BCUT2D eigenvalue weighted by Crippen LogP contribution is -2.24. The van der Waals surface area contributed by atoms with Crippen LogP contribution in [0.15, 0.2) is 24.3 Å². The molecule has 0 aliphatic carbocycles. The summed E-state index contributed by atoms with van der Waals surface area (Å²) in [6.07, 6.45) is 10.1. The zero-order valence-electron chi connectivity index (χ0n) is 22.4. The van der Waals surface area contributed by atoms with Crippen LogP contribution < -0.4 is 0 Å². The van der Waals surface area contributed by atoms with Crippen molar-refractivity contribution in [3.8, 4) is 34.5 Å². The number of hydrogen-bond donors (Lipinski definition) is 6. The van der Waals surface area contributed by atoms with Crippen LogP contribution in [-0.4, -0.2) is 30.6 Å². The Morgan fingerprint density at radius 2 is 1.06 bits per heavy atom. The Labute approximate surface area is 210 Å². The van der Waals surface area contributed by atoms with Gasteiger partial charge in [-0.15, -0.1) is 0 Å². The number of phenolic OH excluding ortho intramolecular Hbond substituents is 6. The van der Waals surface area contributed by atoms with Crippen LogP contribution in [0.1, 0.15) is 104 Å². The minimum Gasteiger partial charge on any atom is -0.504 e. The largest absolute Gasteiger partial charge is 0.504 e. The first-order chi connectivity index (χ1) is 16.2. The molecular formula is C29H46O6. The Bertz CT molecular complexity index is 928. The summed E-state index contributed by atoms with van der Waals surface area (Å²) in [6.45, 7) is 12.6. The maximum absolute atomic E-state index is 9.90. The van der Waals surface area contributed by atoms with Crippen LogP contribution in [0, 0.1) is 5.41 Å². The number of phenols is 6. The molecule has 0 aliphatic heterocycles. The van der Waals surface area contributed by atoms with Gasteiger partial charge in [0.05, 0.1) is 0 Å². The van der Waals surface area contributed by atoms with Crippen molar-refractivity contribution in [1.29, 1.82) is 0 Å². The summed E-state index contributed by atoms with van der Waals surface area (Å²) in [5, 5.41) is 57.0. The lowest BCUT2D eigenvalue weighted by atomic mass is 9.72. The first-order valence-corrected chi connectivity index (χ1v) is 12.7. The van der Waals surface area contributed by atoms with Gasteiger partial charge in [-0.1, -0.05) is 92.2 Å². The van der Waals surface area contributed by atoms with Gasteiger partial charge in [0.2, 0.25) is 11.5 Å². The Balaban J connectivity index is 0.000000351. The third-order valence-electron chi connectivity index (χ3n) is 6.09. The molecule has 0 atom stereocenters. The highest BCUT2D eigenvalue weighted by Crippen LogP contribution is 2.46. The molecule has 0 radical (unpaired) electrons. The summed E-state index contributed by atoms with van der Waals surface area (Å²) in [6, 6.07) is 6.16. The number of aryl methyl sites for hydroxylation is 1. The van der Waals surface area contributed by atoms with Crippen molar-refractivity contribution < 1.29 is 30.6 Å². The van der Waals surface area contributed by atoms with Crippen LogP contribution in [0.3, 0.4) is 0 Å². The van der Waals surface area contributed by atoms with E-state index in [1.807, 2.05) is 13.8 Å². The van der Waals surface area contributed by atoms with E-state index in [1.54, 1.807) is 12.1 Å². The van der Waals surface area contributed by atoms with Crippen molar-refractivity contribution in [3.05, 3.63) is 35.4 Å². The summed E-state index contributed by atoms with van der Waals surface area (Å²) < 4.78 is 0. The first-order valence-electron chi connectivity index (χ1n) is 12.7. The topological polar surface area (TPSA) is 121 Å². The van der Waals surface area contributed by atoms with E-state index >= 15 is 0 Å². The van der Waals surface area contributed by atoms with Gasteiger partial charge in [-0.3, -0.25) is 0 Å². The lowest BCUT2D eigenvalue weighted by Gasteiger charge is -2.33. The molecule has 0 saturated carbocycles. The molecule has 0 unspecified atom stereocenters. The molecule has 0 aromatic heterocycles. The molecule has 2 aromatic rings. The van der Waals surface area contributed by atoms with Crippen molar-refractivity contribution >= 4 is 0 Å². The zero-order chi connectivity index (χ0) is 26.8. The molecule has 0 spiro atoms. The van der Waals surface area contributed by atoms with Gasteiger partial charge in [0.25, 0.3) is 0 Å². The quantitative estimate of drug-likeness (QED) is 0.150. The second kappa shape index (κ2) is 13.4. The molecule has 0 heterocycles. The number of aromatic hydroxyl groups is 6. The van der Waals surface area contributed by atoms with E-state index < -0.39 is 11.5 Å². The van der Waals surface area contributed by atoms with E-state index in [1.165, 1.54) is 44.2 Å². The van der Waals surface area contributed by atoms with Crippen molar-refractivity contribution in [2.45, 2.75) is 105 Å². The second-order valence-corrected chi connectivity index (χ2v) is 11.3. The third kappa shape index (κ3) is 9.79. The van der Waals surface area contributed by atoms with Crippen molar-refractivity contribution in [2.24, 2.45) is 5.41 Å². The smallest absolute Gasteiger partial charge is 0.200 e. The molecule has 0 fully saturated rings. The summed E-state index contributed by atoms with van der Waals surface area (Å²) >= 11 is 0. The van der Waals surface area contributed by atoms with E-state index in [0.717, 1.165) is 25.7 Å². The van der Waals surface area contributed by atoms with E-state index in [0.29, 0.717) is 11.1 Å². The lowest BCUT2D eigenvalue weighted by molar-refractivity contribution is 0.275. The summed E-state index contributed by atoms with van der Waals surface area (Å²) in [5.41, 5.74) is 1.21. The minimum absolute atomic E-state index is 0.115. The number of hydrogen-bond acceptors (Lipinski definition) is 6. The molecule has 2 aromatic carbocycles. The molecule has 198 valence electrons. The van der Waals surface area contributed by atoms with Crippen LogP contribution in [0.5, 0.6) is 34.5 Å². The maximum atomic E-state index is 9.90. The van der Waals surface area contributed by atoms with Crippen LogP contribution >= 0.6 is 0 Å². The van der Waals surface area contributed by atoms with Gasteiger partial charge < -0.3 is 30.6 Å². The van der Waals surface area contributed by atoms with E-state index in [4.69, 9.17) is 0 Å². The van der Waals surface area contributed by atoms with Gasteiger partial charge in [-0.25, -0.2) is 0 Å². The second-order valence-electron chi connectivity index (χ2n) is 11.3. The van der Waals surface area contributed by atoms with Crippen LogP contribution in [-0.2, 0) is 11.8 Å². The number of rotatable bonds is 10. The molecule has 0 saturated heterocycles. The fraction of sp³-hybridized carbons (Fsp3) is 0.586. The Kier molecular flexibility index (Phi) is 11.6. The Morgan fingerprint density at radius 3 is 1.60 bits per heavy atom. The minimum atomic E-state index is -0.440. The maximum Gasteiger partial charge on any atom is 0.200 e. The van der Waals surface area contributed by atoms with E-state index in [-0.39, 0.29) is 33.8 Å². The average Bonchev–Trinajstić information content (AvgIpc) is 2.75. The van der Waals surface area contributed by atoms with Crippen molar-refractivity contribution in [3.63, 3.8) is 0 Å². The summed E-state index contributed by atoms with van der Waals surface area (Å²) in [4.78, 5) is 0. The molecular weight excluding hydrogens is 444 g/mol. The van der Waals surface area contributed by atoms with E-state index in [2.05, 4.69) is 27.7 Å². The fourth-order valence-electron chi connectivity index (χ4n) is 4.62. The first kappa shape index (κ1) is 30.3. The highest BCUT2D eigenvalue weighted by molar-refractivity contribution is 5.55. The van der Waals surface area contributed by atoms with Gasteiger partial charge >= 0.3 is 0 Å². The SMILES string of the molecule is CC(C)(C)CC(C)(C)c1ccc(O)c(O)c1O.CCCCCCCCCc1ccc(O)c(O)c1O. The van der Waals surface area contributed by atoms with Crippen molar-refractivity contribution in [1.82, 2.24) is 0 Å². The van der Waals surface area contributed by atoms with Gasteiger partial charge in [-0.2, -0.15) is 0 Å². The molecule has 6 heteroatoms. The zero-order valence-corrected chi connectivity index (χ0v) is 22.4. The predicted molar refractivity (Wildman–Crippen MR) is 142 cm³/mol. The van der Waals surface area contributed by atoms with Crippen LogP contribution in [0.4, 0.5) is 0 Å². The fourth-order valence-corrected chi connectivity index (χ4v) is 4.62. The van der Waals surface area contributed by atoms with Gasteiger partial charge in [0.1, 0.15) is 0 Å². The van der Waals surface area contributed by atoms with Gasteiger partial charge in [0, 0.05) is 5.56 Å². The normalized spacial score (nSPS) is 11.7. The highest BCUT2D eigenvalue weighted by atomic mass is 16.3. The van der Waals surface area contributed by atoms with Gasteiger partial charge in [-0.05, 0) is 47.8 Å². The predicted octanol–water partition coefficient (Wildman–Crippen LogP) is 7.61. The molecule has 6 nitrogen and oxygen atoms in total. The summed E-state index contributed by atoms with van der Waals surface area (Å²) in [7, 11) is 0. The molecule has 2 rings (SSSR count). The molecule has 0 amide bonds. The Hall–Kier alpha value is -2.76. The van der Waals surface area contributed by atoms with Crippen LogP contribution in [0.25, 0.3) is 0 Å². The Morgan fingerprint density at radius 1 is 0.571 bits per heavy atom. The van der Waals surface area contributed by atoms with E-state index in [9.17, 15) is 30.6 Å². The summed E-state index contributed by atoms with van der Waals surface area (Å²) in [5.74, 6) is -1.81.